The standard InChI is InChI=1S/C8H16O.Na.H/c1-3-5-6-8-9-7-4-2;;/h4H,2-3,5-8H2,1H3;;. The topological polar surface area (TPSA) is 9.23 Å². The van der Waals surface area contributed by atoms with Crippen molar-refractivity contribution in [3.05, 3.63) is 12.7 Å². The molecular formula is C8H17NaO. The third kappa shape index (κ3) is 11.5. The maximum absolute atomic E-state index is 5.17. The van der Waals surface area contributed by atoms with Crippen LogP contribution in [-0.2, 0) is 4.74 Å². The molecule has 56 valence electrons. The monoisotopic (exact) mass is 152 g/mol. The molecule has 10 heavy (non-hydrogen) atoms. The molecule has 0 fully saturated rings. The molecule has 0 spiro atoms. The molecule has 0 unspecified atom stereocenters. The van der Waals surface area contributed by atoms with Crippen LogP contribution < -0.4 is 0 Å². The first-order valence-corrected chi connectivity index (χ1v) is 3.60. The van der Waals surface area contributed by atoms with Gasteiger partial charge in [-0.05, 0) is 6.42 Å². The van der Waals surface area contributed by atoms with Gasteiger partial charge in [-0.3, -0.25) is 0 Å². The normalized spacial score (nSPS) is 8.50. The van der Waals surface area contributed by atoms with Gasteiger partial charge in [-0.2, -0.15) is 0 Å². The van der Waals surface area contributed by atoms with Crippen LogP contribution in [0, 0.1) is 0 Å². The first-order valence-electron chi connectivity index (χ1n) is 3.60. The molecule has 0 saturated heterocycles. The fourth-order valence-electron chi connectivity index (χ4n) is 0.621. The van der Waals surface area contributed by atoms with Crippen LogP contribution in [0.1, 0.15) is 26.2 Å². The zero-order chi connectivity index (χ0) is 6.95. The Balaban J connectivity index is 0. The molecule has 0 saturated carbocycles. The molecule has 0 amide bonds. The number of rotatable bonds is 6. The molecule has 0 aliphatic carbocycles. The van der Waals surface area contributed by atoms with Gasteiger partial charge in [0.2, 0.25) is 0 Å². The Morgan fingerprint density at radius 1 is 1.40 bits per heavy atom. The molecule has 0 aliphatic rings. The van der Waals surface area contributed by atoms with Crippen molar-refractivity contribution in [2.75, 3.05) is 13.2 Å². The van der Waals surface area contributed by atoms with Crippen molar-refractivity contribution in [2.24, 2.45) is 0 Å². The quantitative estimate of drug-likeness (QED) is 0.320. The fraction of sp³-hybridized carbons (Fsp3) is 0.750. The molecule has 0 aliphatic heterocycles. The molecule has 1 nitrogen and oxygen atoms in total. The molecule has 0 bridgehead atoms. The number of hydrogen-bond acceptors (Lipinski definition) is 1. The average molecular weight is 152 g/mol. The van der Waals surface area contributed by atoms with Crippen LogP contribution in [0.3, 0.4) is 0 Å². The van der Waals surface area contributed by atoms with E-state index < -0.39 is 0 Å². The van der Waals surface area contributed by atoms with Crippen molar-refractivity contribution >= 4 is 29.6 Å². The molecule has 0 atom stereocenters. The van der Waals surface area contributed by atoms with Crippen LogP contribution >= 0.6 is 0 Å². The summed E-state index contributed by atoms with van der Waals surface area (Å²) in [5.74, 6) is 0. The summed E-state index contributed by atoms with van der Waals surface area (Å²) in [6.07, 6.45) is 5.50. The van der Waals surface area contributed by atoms with Gasteiger partial charge in [-0.25, -0.2) is 0 Å². The van der Waals surface area contributed by atoms with Crippen molar-refractivity contribution in [2.45, 2.75) is 26.2 Å². The molecule has 0 radical (unpaired) electrons. The number of ether oxygens (including phenoxy) is 1. The predicted molar refractivity (Wildman–Crippen MR) is 47.7 cm³/mol. The van der Waals surface area contributed by atoms with Gasteiger partial charge in [0.1, 0.15) is 0 Å². The van der Waals surface area contributed by atoms with Crippen molar-refractivity contribution in [1.29, 1.82) is 0 Å². The van der Waals surface area contributed by atoms with Crippen molar-refractivity contribution in [3.8, 4) is 0 Å². The van der Waals surface area contributed by atoms with Gasteiger partial charge in [0.05, 0.1) is 6.61 Å². The van der Waals surface area contributed by atoms with E-state index in [0.29, 0.717) is 6.61 Å². The summed E-state index contributed by atoms with van der Waals surface area (Å²) in [4.78, 5) is 0. The van der Waals surface area contributed by atoms with Gasteiger partial charge < -0.3 is 4.74 Å². The third-order valence-electron chi connectivity index (χ3n) is 1.13. The fourth-order valence-corrected chi connectivity index (χ4v) is 0.621. The molecule has 0 aromatic carbocycles. The van der Waals surface area contributed by atoms with E-state index in [1.165, 1.54) is 19.3 Å². The Morgan fingerprint density at radius 2 is 2.10 bits per heavy atom. The van der Waals surface area contributed by atoms with Crippen molar-refractivity contribution < 1.29 is 4.74 Å². The van der Waals surface area contributed by atoms with Crippen LogP contribution in [-0.4, -0.2) is 42.8 Å². The first-order chi connectivity index (χ1) is 4.41. The summed E-state index contributed by atoms with van der Waals surface area (Å²) in [6.45, 7) is 7.33. The third-order valence-corrected chi connectivity index (χ3v) is 1.13. The second-order valence-electron chi connectivity index (χ2n) is 2.07. The minimum atomic E-state index is 0. The van der Waals surface area contributed by atoms with E-state index >= 15 is 0 Å². The van der Waals surface area contributed by atoms with E-state index in [9.17, 15) is 0 Å². The zero-order valence-corrected chi connectivity index (χ0v) is 6.23. The number of unbranched alkanes of at least 4 members (excludes halogenated alkanes) is 2. The van der Waals surface area contributed by atoms with Gasteiger partial charge in [-0.15, -0.1) is 6.58 Å². The van der Waals surface area contributed by atoms with E-state index in [4.69, 9.17) is 4.74 Å². The molecule has 0 aromatic rings. The minimum absolute atomic E-state index is 0. The van der Waals surface area contributed by atoms with Crippen molar-refractivity contribution in [3.63, 3.8) is 0 Å². The molecular weight excluding hydrogens is 135 g/mol. The van der Waals surface area contributed by atoms with E-state index in [-0.39, 0.29) is 29.6 Å². The summed E-state index contributed by atoms with van der Waals surface area (Å²) in [5.41, 5.74) is 0. The average Bonchev–Trinajstić information content (AvgIpc) is 1.89. The Hall–Kier alpha value is 0.700. The Morgan fingerprint density at radius 3 is 2.60 bits per heavy atom. The van der Waals surface area contributed by atoms with Crippen LogP contribution in [0.25, 0.3) is 0 Å². The summed E-state index contributed by atoms with van der Waals surface area (Å²) in [5, 5.41) is 0. The predicted octanol–water partition coefficient (Wildman–Crippen LogP) is 1.73. The van der Waals surface area contributed by atoms with Crippen LogP contribution in [0.4, 0.5) is 0 Å². The van der Waals surface area contributed by atoms with Gasteiger partial charge in [0.15, 0.2) is 0 Å². The summed E-state index contributed by atoms with van der Waals surface area (Å²) < 4.78 is 5.17. The van der Waals surface area contributed by atoms with Crippen molar-refractivity contribution in [1.82, 2.24) is 0 Å². The Labute approximate surface area is 86.1 Å². The van der Waals surface area contributed by atoms with Gasteiger partial charge in [-0.1, -0.05) is 25.8 Å². The van der Waals surface area contributed by atoms with E-state index in [2.05, 4.69) is 13.5 Å². The SMILES string of the molecule is C=CCOCCCCC.[NaH]. The van der Waals surface area contributed by atoms with Gasteiger partial charge in [0, 0.05) is 6.61 Å². The molecule has 0 N–H and O–H groups in total. The van der Waals surface area contributed by atoms with E-state index in [0.717, 1.165) is 6.61 Å². The van der Waals surface area contributed by atoms with Gasteiger partial charge >= 0.3 is 29.6 Å². The molecule has 0 aromatic heterocycles. The van der Waals surface area contributed by atoms with Crippen LogP contribution in [0.5, 0.6) is 0 Å². The molecule has 2 heteroatoms. The molecule has 0 rings (SSSR count). The van der Waals surface area contributed by atoms with Crippen LogP contribution in [0.15, 0.2) is 12.7 Å². The van der Waals surface area contributed by atoms with E-state index in [1.54, 1.807) is 6.08 Å². The van der Waals surface area contributed by atoms with E-state index in [1.807, 2.05) is 0 Å². The maximum atomic E-state index is 5.17. The van der Waals surface area contributed by atoms with Gasteiger partial charge in [0.25, 0.3) is 0 Å². The number of hydrogen-bond donors (Lipinski definition) is 0. The second-order valence-corrected chi connectivity index (χ2v) is 2.07. The Kier molecular flexibility index (Phi) is 16.5. The summed E-state index contributed by atoms with van der Waals surface area (Å²) in [6, 6.07) is 0. The Bertz CT molecular complexity index is 64.3. The molecule has 0 heterocycles. The summed E-state index contributed by atoms with van der Waals surface area (Å²) in [7, 11) is 0. The first kappa shape index (κ1) is 13.3. The van der Waals surface area contributed by atoms with Crippen LogP contribution in [0.2, 0.25) is 0 Å². The summed E-state index contributed by atoms with van der Waals surface area (Å²) >= 11 is 0. The second kappa shape index (κ2) is 12.4. The zero-order valence-electron chi connectivity index (χ0n) is 6.23.